The van der Waals surface area contributed by atoms with E-state index in [0.717, 1.165) is 31.5 Å². The molecule has 1 atom stereocenters. The average Bonchev–Trinajstić information content (AvgIpc) is 3.35. The van der Waals surface area contributed by atoms with Gasteiger partial charge in [-0.25, -0.2) is 18.7 Å². The Kier molecular flexibility index (Phi) is 5.92. The van der Waals surface area contributed by atoms with E-state index in [1.165, 1.54) is 18.3 Å². The summed E-state index contributed by atoms with van der Waals surface area (Å²) in [7, 11) is 1.88. The minimum absolute atomic E-state index is 0.00990. The van der Waals surface area contributed by atoms with Crippen molar-refractivity contribution >= 4 is 17.4 Å². The largest absolute Gasteiger partial charge is 0.358 e. The molecule has 0 bridgehead atoms. The predicted molar refractivity (Wildman–Crippen MR) is 110 cm³/mol. The fourth-order valence-corrected chi connectivity index (χ4v) is 4.05. The Morgan fingerprint density at radius 2 is 2.07 bits per heavy atom. The van der Waals surface area contributed by atoms with Gasteiger partial charge in [0.25, 0.3) is 0 Å². The van der Waals surface area contributed by atoms with Crippen LogP contribution in [0.25, 0.3) is 5.65 Å². The molecule has 1 unspecified atom stereocenters. The number of carbonyl (C=O) groups excluding carboxylic acids is 1. The minimum Gasteiger partial charge on any atom is -0.358 e. The van der Waals surface area contributed by atoms with Gasteiger partial charge in [-0.05, 0) is 49.9 Å². The number of hydrogen-bond acceptors (Lipinski definition) is 4. The smallest absolute Gasteiger partial charge is 0.225 e. The number of anilines is 1. The monoisotopic (exact) mass is 413 g/mol. The lowest BCUT2D eigenvalue weighted by molar-refractivity contribution is -0.131. The topological polar surface area (TPSA) is 53.7 Å². The van der Waals surface area contributed by atoms with E-state index in [2.05, 4.69) is 9.97 Å². The van der Waals surface area contributed by atoms with Crippen LogP contribution < -0.4 is 4.90 Å². The van der Waals surface area contributed by atoms with Crippen LogP contribution in [0.1, 0.15) is 25.0 Å². The highest BCUT2D eigenvalue weighted by atomic mass is 19.1. The minimum atomic E-state index is -0.367. The van der Waals surface area contributed by atoms with E-state index in [-0.39, 0.29) is 23.5 Å². The summed E-state index contributed by atoms with van der Waals surface area (Å²) < 4.78 is 29.0. The molecule has 1 aliphatic heterocycles. The summed E-state index contributed by atoms with van der Waals surface area (Å²) in [5.41, 5.74) is 1.34. The van der Waals surface area contributed by atoms with Gasteiger partial charge in [0.15, 0.2) is 0 Å². The third kappa shape index (κ3) is 4.27. The fraction of sp³-hybridized carbons (Fsp3) is 0.409. The third-order valence-electron chi connectivity index (χ3n) is 5.80. The third-order valence-corrected chi connectivity index (χ3v) is 5.80. The lowest BCUT2D eigenvalue weighted by Gasteiger charge is -2.23. The summed E-state index contributed by atoms with van der Waals surface area (Å²) in [6.45, 7) is 1.97. The van der Waals surface area contributed by atoms with E-state index in [0.29, 0.717) is 31.0 Å². The number of halogens is 2. The van der Waals surface area contributed by atoms with Crippen LogP contribution in [0.3, 0.4) is 0 Å². The molecule has 30 heavy (non-hydrogen) atoms. The summed E-state index contributed by atoms with van der Waals surface area (Å²) in [6.07, 6.45) is 7.51. The molecule has 1 saturated heterocycles. The lowest BCUT2D eigenvalue weighted by Crippen LogP contribution is -2.35. The van der Waals surface area contributed by atoms with Crippen molar-refractivity contribution < 1.29 is 13.6 Å². The number of likely N-dealkylation sites (tertiary alicyclic amines) is 1. The summed E-state index contributed by atoms with van der Waals surface area (Å²) in [6, 6.07) is 6.12. The van der Waals surface area contributed by atoms with Gasteiger partial charge in [0.05, 0.1) is 11.9 Å². The second kappa shape index (κ2) is 8.77. The van der Waals surface area contributed by atoms with Crippen LogP contribution in [-0.2, 0) is 11.2 Å². The Morgan fingerprint density at radius 1 is 1.20 bits per heavy atom. The van der Waals surface area contributed by atoms with Crippen molar-refractivity contribution in [2.75, 3.05) is 31.6 Å². The number of pyridine rings is 2. The highest BCUT2D eigenvalue weighted by molar-refractivity contribution is 5.80. The highest BCUT2D eigenvalue weighted by Crippen LogP contribution is 2.24. The van der Waals surface area contributed by atoms with Crippen molar-refractivity contribution in [2.45, 2.75) is 25.7 Å². The summed E-state index contributed by atoms with van der Waals surface area (Å²) in [5.74, 6) is 0.225. The zero-order valence-corrected chi connectivity index (χ0v) is 17.0. The Bertz CT molecular complexity index is 1020. The van der Waals surface area contributed by atoms with Crippen molar-refractivity contribution in [3.05, 3.63) is 60.2 Å². The molecular weight excluding hydrogens is 388 g/mol. The van der Waals surface area contributed by atoms with Crippen LogP contribution in [0.15, 0.2) is 42.9 Å². The predicted octanol–water partition coefficient (Wildman–Crippen LogP) is 3.32. The first-order valence-corrected chi connectivity index (χ1v) is 10.2. The van der Waals surface area contributed by atoms with Crippen LogP contribution in [-0.4, -0.2) is 51.9 Å². The molecule has 0 radical (unpaired) electrons. The summed E-state index contributed by atoms with van der Waals surface area (Å²) in [4.78, 5) is 24.8. The number of hydrogen-bond donors (Lipinski definition) is 0. The number of fused-ring (bicyclic) bond motifs is 1. The molecule has 3 aromatic rings. The zero-order chi connectivity index (χ0) is 21.1. The molecule has 0 spiro atoms. The van der Waals surface area contributed by atoms with E-state index in [1.807, 2.05) is 16.8 Å². The van der Waals surface area contributed by atoms with E-state index in [9.17, 15) is 13.6 Å². The average molecular weight is 413 g/mol. The molecule has 4 heterocycles. The molecule has 3 aromatic heterocycles. The fourth-order valence-electron chi connectivity index (χ4n) is 4.05. The summed E-state index contributed by atoms with van der Waals surface area (Å²) in [5, 5.41) is 0. The second-order valence-corrected chi connectivity index (χ2v) is 7.74. The molecule has 4 rings (SSSR count). The van der Waals surface area contributed by atoms with Crippen LogP contribution in [0.5, 0.6) is 0 Å². The van der Waals surface area contributed by atoms with Gasteiger partial charge in [0.2, 0.25) is 5.91 Å². The highest BCUT2D eigenvalue weighted by Gasteiger charge is 2.31. The Labute approximate surface area is 174 Å². The number of likely N-dealkylation sites (N-methyl/N-ethyl adjacent to an activating group) is 1. The number of aromatic nitrogens is 3. The van der Waals surface area contributed by atoms with Gasteiger partial charge in [-0.2, -0.15) is 0 Å². The molecule has 0 aliphatic carbocycles. The molecule has 1 amide bonds. The maximum atomic E-state index is 14.2. The number of rotatable bonds is 8. The molecule has 6 nitrogen and oxygen atoms in total. The Hall–Kier alpha value is -3.03. The van der Waals surface area contributed by atoms with Gasteiger partial charge in [0, 0.05) is 45.0 Å². The van der Waals surface area contributed by atoms with Crippen LogP contribution >= 0.6 is 0 Å². The van der Waals surface area contributed by atoms with E-state index in [1.54, 1.807) is 28.9 Å². The van der Waals surface area contributed by atoms with Gasteiger partial charge in [-0.3, -0.25) is 4.79 Å². The van der Waals surface area contributed by atoms with E-state index in [4.69, 9.17) is 0 Å². The first-order chi connectivity index (χ1) is 14.5. The molecule has 158 valence electrons. The van der Waals surface area contributed by atoms with Gasteiger partial charge < -0.3 is 14.2 Å². The molecule has 0 N–H and O–H groups in total. The van der Waals surface area contributed by atoms with Crippen LogP contribution in [0, 0.1) is 17.6 Å². The second-order valence-electron chi connectivity index (χ2n) is 7.74. The van der Waals surface area contributed by atoms with Gasteiger partial charge in [0.1, 0.15) is 23.1 Å². The number of amides is 1. The van der Waals surface area contributed by atoms with Crippen molar-refractivity contribution in [1.82, 2.24) is 19.3 Å². The van der Waals surface area contributed by atoms with E-state index >= 15 is 0 Å². The van der Waals surface area contributed by atoms with Gasteiger partial charge in [-0.15, -0.1) is 0 Å². The van der Waals surface area contributed by atoms with Crippen molar-refractivity contribution in [1.29, 1.82) is 0 Å². The Balaban J connectivity index is 1.27. The number of imidazole rings is 1. The SMILES string of the molecule is CN(CCN1CCC(CCCc2c(F)ccc3nccn23)C1=O)c1ccc(F)cn1. The molecule has 0 saturated carbocycles. The van der Waals surface area contributed by atoms with Crippen molar-refractivity contribution in [3.63, 3.8) is 0 Å². The number of carbonyl (C=O) groups is 1. The molecule has 1 aliphatic rings. The molecule has 0 aromatic carbocycles. The maximum absolute atomic E-state index is 14.2. The van der Waals surface area contributed by atoms with Gasteiger partial charge in [-0.1, -0.05) is 0 Å². The standard InChI is InChI=1S/C22H25F2N5O/c1-27(20-7-5-17(23)15-26-20)13-14-28-11-9-16(22(28)30)3-2-4-19-18(24)6-8-21-25-10-12-29(19)21/h5-8,10,12,15-16H,2-4,9,11,13-14H2,1H3. The maximum Gasteiger partial charge on any atom is 0.225 e. The summed E-state index contributed by atoms with van der Waals surface area (Å²) >= 11 is 0. The molecule has 8 heteroatoms. The number of nitrogens with zero attached hydrogens (tertiary/aromatic N) is 5. The van der Waals surface area contributed by atoms with Crippen LogP contribution in [0.4, 0.5) is 14.6 Å². The van der Waals surface area contributed by atoms with Crippen molar-refractivity contribution in [2.24, 2.45) is 5.92 Å². The van der Waals surface area contributed by atoms with Crippen LogP contribution in [0.2, 0.25) is 0 Å². The number of aryl methyl sites for hydroxylation is 1. The van der Waals surface area contributed by atoms with Gasteiger partial charge >= 0.3 is 0 Å². The first-order valence-electron chi connectivity index (χ1n) is 10.2. The zero-order valence-electron chi connectivity index (χ0n) is 17.0. The van der Waals surface area contributed by atoms with Crippen molar-refractivity contribution in [3.8, 4) is 0 Å². The van der Waals surface area contributed by atoms with E-state index < -0.39 is 0 Å². The quantitative estimate of drug-likeness (QED) is 0.569. The molecular formula is C22H25F2N5O. The first kappa shape index (κ1) is 20.3. The Morgan fingerprint density at radius 3 is 2.87 bits per heavy atom. The normalized spacial score (nSPS) is 16.6. The lowest BCUT2D eigenvalue weighted by atomic mass is 9.99. The molecule has 1 fully saturated rings.